The Morgan fingerprint density at radius 1 is 0.977 bits per heavy atom. The molecule has 43 heavy (non-hydrogen) atoms. The average Bonchev–Trinajstić information content (AvgIpc) is 3.43. The summed E-state index contributed by atoms with van der Waals surface area (Å²) in [4.78, 5) is 38.1. The van der Waals surface area contributed by atoms with E-state index in [0.29, 0.717) is 31.5 Å². The van der Waals surface area contributed by atoms with Gasteiger partial charge >= 0.3 is 11.9 Å². The molecule has 0 aliphatic carbocycles. The number of unbranched alkanes of at least 4 members (excludes halogenated alkanes) is 1. The summed E-state index contributed by atoms with van der Waals surface area (Å²) in [6.07, 6.45) is 2.40. The van der Waals surface area contributed by atoms with Crippen LogP contribution in [0.15, 0.2) is 48.5 Å². The van der Waals surface area contributed by atoms with Crippen LogP contribution in [0.5, 0.6) is 0 Å². The van der Waals surface area contributed by atoms with Gasteiger partial charge in [-0.2, -0.15) is 0 Å². The molecule has 2 aliphatic heterocycles. The lowest BCUT2D eigenvalue weighted by Crippen LogP contribution is -2.45. The van der Waals surface area contributed by atoms with Crippen molar-refractivity contribution in [2.24, 2.45) is 0 Å². The van der Waals surface area contributed by atoms with E-state index in [-0.39, 0.29) is 49.6 Å². The first-order valence-electron chi connectivity index (χ1n) is 15.1. The summed E-state index contributed by atoms with van der Waals surface area (Å²) in [5, 5.41) is 21.1. The van der Waals surface area contributed by atoms with Gasteiger partial charge in [0.2, 0.25) is 5.91 Å². The number of carboxylic acid groups (broad SMARTS) is 1. The highest BCUT2D eigenvalue weighted by Gasteiger charge is 2.38. The van der Waals surface area contributed by atoms with Gasteiger partial charge in [0.1, 0.15) is 11.6 Å². The first-order chi connectivity index (χ1) is 20.5. The quantitative estimate of drug-likeness (QED) is 0.226. The number of aliphatic carboxylic acids is 1. The number of nitrogens with zero attached hydrogens (tertiary/aromatic N) is 1. The van der Waals surface area contributed by atoms with Crippen molar-refractivity contribution in [2.75, 3.05) is 18.4 Å². The number of aliphatic hydroxyl groups excluding tert-OH is 1. The number of hydrogen-bond acceptors (Lipinski definition) is 8. The Hall–Kier alpha value is -3.31. The topological polar surface area (TPSA) is 135 Å². The van der Waals surface area contributed by atoms with Crippen LogP contribution in [-0.2, 0) is 35.2 Å². The lowest BCUT2D eigenvalue weighted by atomic mass is 9.99. The molecule has 4 atom stereocenters. The van der Waals surface area contributed by atoms with Crippen LogP contribution in [0.1, 0.15) is 94.8 Å². The van der Waals surface area contributed by atoms with Gasteiger partial charge in [-0.05, 0) is 76.3 Å². The molecule has 0 radical (unpaired) electrons. The third-order valence-electron chi connectivity index (χ3n) is 7.61. The van der Waals surface area contributed by atoms with Crippen LogP contribution in [0.25, 0.3) is 0 Å². The van der Waals surface area contributed by atoms with E-state index in [1.165, 1.54) is 0 Å². The fourth-order valence-electron chi connectivity index (χ4n) is 5.48. The molecular formula is C33H44N2O8. The maximum atomic E-state index is 13.0. The van der Waals surface area contributed by atoms with E-state index >= 15 is 0 Å². The molecule has 3 N–H and O–H groups in total. The minimum absolute atomic E-state index is 0.0353. The molecule has 2 aromatic rings. The van der Waals surface area contributed by atoms with E-state index in [1.54, 1.807) is 12.1 Å². The lowest BCUT2D eigenvalue weighted by Gasteiger charge is -2.38. The monoisotopic (exact) mass is 596 g/mol. The van der Waals surface area contributed by atoms with Crippen molar-refractivity contribution in [3.63, 3.8) is 0 Å². The Morgan fingerprint density at radius 2 is 1.65 bits per heavy atom. The van der Waals surface area contributed by atoms with E-state index in [9.17, 15) is 19.5 Å². The summed E-state index contributed by atoms with van der Waals surface area (Å²) < 4.78 is 18.6. The standard InChI is InChI=1S/C33H44N2O8/c1-33(2,3)43-31(40)27-7-6-18-35(27)20-26-19-28(23-12-10-22(21-36)11-13-23)42-32(41-26)24-14-16-25(17-15-24)34-29(37)8-4-5-9-30(38)39/h10-17,26-28,32,36H,4-9,18-21H2,1-3H3,(H,34,37)(H,38,39)/t26-,27+,28+,32+/m1/s1. The minimum atomic E-state index is -0.863. The van der Waals surface area contributed by atoms with Crippen molar-refractivity contribution in [1.82, 2.24) is 4.90 Å². The zero-order chi connectivity index (χ0) is 31.0. The molecule has 0 unspecified atom stereocenters. The Balaban J connectivity index is 1.45. The number of ether oxygens (including phenoxy) is 3. The number of amides is 1. The molecule has 2 fully saturated rings. The smallest absolute Gasteiger partial charge is 0.323 e. The van der Waals surface area contributed by atoms with E-state index in [2.05, 4.69) is 10.2 Å². The molecule has 0 saturated carbocycles. The average molecular weight is 597 g/mol. The fraction of sp³-hybridized carbons (Fsp3) is 0.545. The van der Waals surface area contributed by atoms with Crippen molar-refractivity contribution in [2.45, 2.75) is 102 Å². The molecule has 234 valence electrons. The highest BCUT2D eigenvalue weighted by atomic mass is 16.7. The number of nitrogens with one attached hydrogen (secondary N) is 1. The van der Waals surface area contributed by atoms with Gasteiger partial charge in [0.15, 0.2) is 6.29 Å². The predicted octanol–water partition coefficient (Wildman–Crippen LogP) is 5.11. The Morgan fingerprint density at radius 3 is 2.30 bits per heavy atom. The van der Waals surface area contributed by atoms with Crippen LogP contribution in [0.4, 0.5) is 5.69 Å². The summed E-state index contributed by atoms with van der Waals surface area (Å²) in [6, 6.07) is 14.7. The van der Waals surface area contributed by atoms with Crippen LogP contribution >= 0.6 is 0 Å². The molecule has 10 nitrogen and oxygen atoms in total. The number of carboxylic acids is 1. The second kappa shape index (κ2) is 14.9. The van der Waals surface area contributed by atoms with Gasteiger partial charge in [-0.25, -0.2) is 0 Å². The van der Waals surface area contributed by atoms with Crippen LogP contribution in [-0.4, -0.2) is 63.8 Å². The third-order valence-corrected chi connectivity index (χ3v) is 7.61. The predicted molar refractivity (Wildman–Crippen MR) is 160 cm³/mol. The number of carbonyl (C=O) groups excluding carboxylic acids is 2. The van der Waals surface area contributed by atoms with Crippen molar-refractivity contribution in [3.05, 3.63) is 65.2 Å². The van der Waals surface area contributed by atoms with E-state index in [0.717, 1.165) is 36.1 Å². The van der Waals surface area contributed by atoms with Crippen LogP contribution in [0.3, 0.4) is 0 Å². The molecule has 2 aromatic carbocycles. The number of carbonyl (C=O) groups is 3. The number of likely N-dealkylation sites (tertiary alicyclic amines) is 1. The number of benzene rings is 2. The first kappa shape index (κ1) is 32.6. The van der Waals surface area contributed by atoms with Crippen molar-refractivity contribution >= 4 is 23.5 Å². The Kier molecular flexibility index (Phi) is 11.3. The highest BCUT2D eigenvalue weighted by molar-refractivity contribution is 5.90. The molecule has 0 aromatic heterocycles. The van der Waals surface area contributed by atoms with Gasteiger partial charge in [0, 0.05) is 37.1 Å². The molecule has 2 heterocycles. The Bertz CT molecular complexity index is 1220. The SMILES string of the molecule is CC(C)(C)OC(=O)[C@@H]1CCCN1C[C@H]1C[C@@H](c2ccc(CO)cc2)O[C@@H](c2ccc(NC(=O)CCCCC(=O)O)cc2)O1. The van der Waals surface area contributed by atoms with Gasteiger partial charge in [-0.1, -0.05) is 36.4 Å². The highest BCUT2D eigenvalue weighted by Crippen LogP contribution is 2.39. The van der Waals surface area contributed by atoms with E-state index < -0.39 is 17.9 Å². The second-order valence-corrected chi connectivity index (χ2v) is 12.3. The summed E-state index contributed by atoms with van der Waals surface area (Å²) in [5.41, 5.74) is 2.68. The molecule has 0 bridgehead atoms. The molecule has 2 aliphatic rings. The van der Waals surface area contributed by atoms with Gasteiger partial charge in [0.25, 0.3) is 0 Å². The van der Waals surface area contributed by atoms with Crippen LogP contribution in [0.2, 0.25) is 0 Å². The van der Waals surface area contributed by atoms with Gasteiger partial charge in [0.05, 0.1) is 18.8 Å². The van der Waals surface area contributed by atoms with Crippen molar-refractivity contribution < 1.29 is 38.8 Å². The third kappa shape index (κ3) is 9.86. The number of aliphatic hydroxyl groups is 1. The summed E-state index contributed by atoms with van der Waals surface area (Å²) in [7, 11) is 0. The summed E-state index contributed by atoms with van der Waals surface area (Å²) in [5.74, 6) is -1.23. The zero-order valence-corrected chi connectivity index (χ0v) is 25.3. The number of rotatable bonds is 12. The number of esters is 1. The number of hydrogen-bond donors (Lipinski definition) is 3. The first-order valence-corrected chi connectivity index (χ1v) is 15.1. The van der Waals surface area contributed by atoms with Crippen molar-refractivity contribution in [3.8, 4) is 0 Å². The van der Waals surface area contributed by atoms with E-state index in [1.807, 2.05) is 57.2 Å². The lowest BCUT2D eigenvalue weighted by molar-refractivity contribution is -0.253. The molecule has 1 amide bonds. The fourth-order valence-corrected chi connectivity index (χ4v) is 5.48. The minimum Gasteiger partial charge on any atom is -0.481 e. The van der Waals surface area contributed by atoms with Crippen molar-refractivity contribution in [1.29, 1.82) is 0 Å². The zero-order valence-electron chi connectivity index (χ0n) is 25.3. The number of anilines is 1. The van der Waals surface area contributed by atoms with Crippen LogP contribution in [0, 0.1) is 0 Å². The molecule has 4 rings (SSSR count). The van der Waals surface area contributed by atoms with Crippen LogP contribution < -0.4 is 5.32 Å². The molecule has 0 spiro atoms. The van der Waals surface area contributed by atoms with Gasteiger partial charge in [-0.15, -0.1) is 0 Å². The molecule has 2 saturated heterocycles. The normalized spacial score (nSPS) is 22.7. The Labute approximate surface area is 253 Å². The maximum Gasteiger partial charge on any atom is 0.323 e. The van der Waals surface area contributed by atoms with Gasteiger partial charge < -0.3 is 29.7 Å². The molecular weight excluding hydrogens is 552 g/mol. The van der Waals surface area contributed by atoms with Gasteiger partial charge in [-0.3, -0.25) is 19.3 Å². The summed E-state index contributed by atoms with van der Waals surface area (Å²) in [6.45, 7) is 6.94. The largest absolute Gasteiger partial charge is 0.481 e. The summed E-state index contributed by atoms with van der Waals surface area (Å²) >= 11 is 0. The molecule has 10 heteroatoms. The van der Waals surface area contributed by atoms with E-state index in [4.69, 9.17) is 19.3 Å². The maximum absolute atomic E-state index is 13.0. The second-order valence-electron chi connectivity index (χ2n) is 12.3.